The molecule has 2 aromatic heterocycles. The van der Waals surface area contributed by atoms with Crippen molar-refractivity contribution in [3.8, 4) is 11.7 Å². The Labute approximate surface area is 150 Å². The largest absolute Gasteiger partial charge is 0.429 e. The molecule has 3 rings (SSSR count). The zero-order valence-electron chi connectivity index (χ0n) is 14.9. The smallest absolute Gasteiger partial charge is 0.290 e. The second-order valence-electron chi connectivity index (χ2n) is 6.24. The third-order valence-electron chi connectivity index (χ3n) is 3.82. The van der Waals surface area contributed by atoms with Crippen LogP contribution in [0.2, 0.25) is 0 Å². The Morgan fingerprint density at radius 3 is 2.69 bits per heavy atom. The Kier molecular flexibility index (Phi) is 4.68. The van der Waals surface area contributed by atoms with Gasteiger partial charge in [0.1, 0.15) is 17.2 Å². The third-order valence-corrected chi connectivity index (χ3v) is 3.82. The first-order valence-electron chi connectivity index (χ1n) is 7.99. The lowest BCUT2D eigenvalue weighted by molar-refractivity contribution is 0.0864. The zero-order valence-corrected chi connectivity index (χ0v) is 14.9. The van der Waals surface area contributed by atoms with E-state index in [-0.39, 0.29) is 11.9 Å². The number of ether oxygens (including phenoxy) is 1. The number of hydrogen-bond donors (Lipinski definition) is 3. The van der Waals surface area contributed by atoms with E-state index in [1.165, 1.54) is 7.05 Å². The summed E-state index contributed by atoms with van der Waals surface area (Å²) in [5.41, 5.74) is 6.44. The van der Waals surface area contributed by atoms with E-state index in [2.05, 4.69) is 4.98 Å². The molecule has 2 heterocycles. The van der Waals surface area contributed by atoms with Gasteiger partial charge in [-0.25, -0.2) is 0 Å². The predicted octanol–water partition coefficient (Wildman–Crippen LogP) is 2.58. The maximum Gasteiger partial charge on any atom is 0.290 e. The summed E-state index contributed by atoms with van der Waals surface area (Å²) in [4.78, 5) is 18.3. The van der Waals surface area contributed by atoms with Crippen molar-refractivity contribution in [3.05, 3.63) is 47.9 Å². The summed E-state index contributed by atoms with van der Waals surface area (Å²) in [6.07, 6.45) is 0. The molecule has 0 saturated heterocycles. The second-order valence-corrected chi connectivity index (χ2v) is 6.24. The minimum absolute atomic E-state index is 0.316. The van der Waals surface area contributed by atoms with E-state index in [4.69, 9.17) is 20.3 Å². The fraction of sp³-hybridized carbons (Fsp3) is 0.222. The summed E-state index contributed by atoms with van der Waals surface area (Å²) in [6, 6.07) is 10.8. The molecule has 8 nitrogen and oxygen atoms in total. The fourth-order valence-corrected chi connectivity index (χ4v) is 2.50. The first-order valence-corrected chi connectivity index (χ1v) is 7.99. The summed E-state index contributed by atoms with van der Waals surface area (Å²) in [6.45, 7) is 0.689. The highest BCUT2D eigenvalue weighted by molar-refractivity contribution is 6.05. The van der Waals surface area contributed by atoms with Gasteiger partial charge in [-0.2, -0.15) is 0 Å². The Hall–Kier alpha value is -3.26. The number of nitrogens with two attached hydrogens (primary N) is 1. The van der Waals surface area contributed by atoms with Gasteiger partial charge in [-0.15, -0.1) is 0 Å². The number of guanidine groups is 1. The maximum absolute atomic E-state index is 12.2. The lowest BCUT2D eigenvalue weighted by Crippen LogP contribution is -2.38. The number of carbonyl (C=O) groups excluding carboxylic acids is 1. The van der Waals surface area contributed by atoms with Gasteiger partial charge < -0.3 is 24.8 Å². The van der Waals surface area contributed by atoms with E-state index in [0.29, 0.717) is 23.9 Å². The summed E-state index contributed by atoms with van der Waals surface area (Å²) < 4.78 is 11.4. The molecule has 0 saturated carbocycles. The number of nitrogens with one attached hydrogen (secondary N) is 2. The van der Waals surface area contributed by atoms with Gasteiger partial charge in [0, 0.05) is 30.1 Å². The fourth-order valence-electron chi connectivity index (χ4n) is 2.50. The van der Waals surface area contributed by atoms with E-state index in [1.807, 2.05) is 31.1 Å². The molecule has 0 aliphatic heterocycles. The molecule has 0 aliphatic carbocycles. The minimum Gasteiger partial charge on any atom is -0.429 e. The molecular formula is C18H21N5O3. The molecule has 0 spiro atoms. The molecule has 0 unspecified atom stereocenters. The molecule has 1 amide bonds. The van der Waals surface area contributed by atoms with E-state index < -0.39 is 0 Å². The monoisotopic (exact) mass is 355 g/mol. The maximum atomic E-state index is 12.2. The van der Waals surface area contributed by atoms with E-state index in [0.717, 1.165) is 21.6 Å². The van der Waals surface area contributed by atoms with Crippen molar-refractivity contribution in [2.24, 2.45) is 5.73 Å². The standard InChI is InChI=1S/C18H21N5O3/c1-22(2)10-13-6-7-16(26-13)25-12-5-4-11-8-15(21-14(11)9-12)17(24)23(3)18(19)20/h4-9,21H,10H2,1-3H3,(H3,19,20). The number of aromatic nitrogens is 1. The molecular weight excluding hydrogens is 334 g/mol. The minimum atomic E-state index is -0.379. The third kappa shape index (κ3) is 3.70. The van der Waals surface area contributed by atoms with Crippen LogP contribution in [0.1, 0.15) is 16.2 Å². The molecule has 0 atom stereocenters. The van der Waals surface area contributed by atoms with Crippen molar-refractivity contribution in [1.82, 2.24) is 14.8 Å². The van der Waals surface area contributed by atoms with Crippen LogP contribution in [0.3, 0.4) is 0 Å². The summed E-state index contributed by atoms with van der Waals surface area (Å²) in [7, 11) is 5.38. The topological polar surface area (TPSA) is 112 Å². The van der Waals surface area contributed by atoms with Crippen molar-refractivity contribution in [1.29, 1.82) is 5.41 Å². The van der Waals surface area contributed by atoms with Gasteiger partial charge in [0.05, 0.1) is 6.54 Å². The highest BCUT2D eigenvalue weighted by Crippen LogP contribution is 2.27. The molecule has 136 valence electrons. The molecule has 26 heavy (non-hydrogen) atoms. The van der Waals surface area contributed by atoms with Crippen molar-refractivity contribution in [2.45, 2.75) is 6.54 Å². The summed E-state index contributed by atoms with van der Waals surface area (Å²) >= 11 is 0. The molecule has 3 aromatic rings. The van der Waals surface area contributed by atoms with Gasteiger partial charge in [0.2, 0.25) is 0 Å². The van der Waals surface area contributed by atoms with Crippen LogP contribution in [-0.4, -0.2) is 47.8 Å². The predicted molar refractivity (Wildman–Crippen MR) is 98.5 cm³/mol. The lowest BCUT2D eigenvalue weighted by Gasteiger charge is -2.12. The van der Waals surface area contributed by atoms with Crippen molar-refractivity contribution in [2.75, 3.05) is 21.1 Å². The SMILES string of the molecule is CN(C)Cc1ccc(Oc2ccc3cc(C(=O)N(C)C(=N)N)[nH]c3c2)o1. The molecule has 8 heteroatoms. The first-order chi connectivity index (χ1) is 12.3. The van der Waals surface area contributed by atoms with Crippen molar-refractivity contribution < 1.29 is 13.9 Å². The van der Waals surface area contributed by atoms with Gasteiger partial charge in [-0.3, -0.25) is 15.1 Å². The average Bonchev–Trinajstić information content (AvgIpc) is 3.19. The van der Waals surface area contributed by atoms with Crippen LogP contribution in [0, 0.1) is 5.41 Å². The Morgan fingerprint density at radius 2 is 2.00 bits per heavy atom. The van der Waals surface area contributed by atoms with E-state index in [9.17, 15) is 4.79 Å². The van der Waals surface area contributed by atoms with Gasteiger partial charge in [0.15, 0.2) is 5.96 Å². The highest BCUT2D eigenvalue weighted by atomic mass is 16.6. The van der Waals surface area contributed by atoms with E-state index in [1.54, 1.807) is 24.3 Å². The summed E-state index contributed by atoms with van der Waals surface area (Å²) in [5, 5.41) is 8.21. The number of hydrogen-bond acceptors (Lipinski definition) is 5. The van der Waals surface area contributed by atoms with Gasteiger partial charge in [-0.05, 0) is 38.4 Å². The first kappa shape index (κ1) is 17.6. The van der Waals surface area contributed by atoms with Crippen LogP contribution >= 0.6 is 0 Å². The van der Waals surface area contributed by atoms with Gasteiger partial charge in [0.25, 0.3) is 11.9 Å². The van der Waals surface area contributed by atoms with Crippen LogP contribution < -0.4 is 10.5 Å². The number of aromatic amines is 1. The van der Waals surface area contributed by atoms with Crippen molar-refractivity contribution in [3.63, 3.8) is 0 Å². The number of carbonyl (C=O) groups is 1. The lowest BCUT2D eigenvalue weighted by atomic mass is 10.2. The average molecular weight is 355 g/mol. The van der Waals surface area contributed by atoms with E-state index >= 15 is 0 Å². The van der Waals surface area contributed by atoms with Crippen LogP contribution in [0.5, 0.6) is 11.7 Å². The molecule has 0 radical (unpaired) electrons. The molecule has 4 N–H and O–H groups in total. The van der Waals surface area contributed by atoms with Crippen LogP contribution in [0.15, 0.2) is 40.8 Å². The molecule has 0 aliphatic rings. The zero-order chi connectivity index (χ0) is 18.8. The summed E-state index contributed by atoms with van der Waals surface area (Å²) in [5.74, 6) is 1.11. The molecule has 0 bridgehead atoms. The van der Waals surface area contributed by atoms with Crippen LogP contribution in [-0.2, 0) is 6.54 Å². The number of fused-ring (bicyclic) bond motifs is 1. The van der Waals surface area contributed by atoms with Gasteiger partial charge in [-0.1, -0.05) is 0 Å². The second kappa shape index (κ2) is 6.93. The van der Waals surface area contributed by atoms with Crippen molar-refractivity contribution >= 4 is 22.8 Å². The Bertz CT molecular complexity index is 957. The Balaban J connectivity index is 1.80. The number of H-pyrrole nitrogens is 1. The number of rotatable bonds is 5. The quantitative estimate of drug-likeness (QED) is 0.481. The number of amides is 1. The van der Waals surface area contributed by atoms with Crippen LogP contribution in [0.25, 0.3) is 10.9 Å². The number of furan rings is 1. The molecule has 1 aromatic carbocycles. The van der Waals surface area contributed by atoms with Crippen LogP contribution in [0.4, 0.5) is 0 Å². The normalized spacial score (nSPS) is 11.1. The number of nitrogens with zero attached hydrogens (tertiary/aromatic N) is 2. The Morgan fingerprint density at radius 1 is 1.23 bits per heavy atom. The molecule has 0 fully saturated rings. The van der Waals surface area contributed by atoms with Gasteiger partial charge >= 0.3 is 0 Å². The number of benzene rings is 1. The highest BCUT2D eigenvalue weighted by Gasteiger charge is 2.16.